The number of aromatic nitrogens is 3. The van der Waals surface area contributed by atoms with Crippen LogP contribution in [0, 0.1) is 12.7 Å². The van der Waals surface area contributed by atoms with Gasteiger partial charge in [0.2, 0.25) is 5.95 Å². The van der Waals surface area contributed by atoms with Crippen molar-refractivity contribution in [2.45, 2.75) is 63.7 Å². The fraction of sp³-hybridized carbons (Fsp3) is 0.448. The van der Waals surface area contributed by atoms with Crippen LogP contribution in [0.1, 0.15) is 68.1 Å². The smallest absolute Gasteiger partial charge is 0.229 e. The van der Waals surface area contributed by atoms with Crippen LogP contribution in [0.5, 0.6) is 0 Å². The predicted octanol–water partition coefficient (Wildman–Crippen LogP) is 6.46. The lowest BCUT2D eigenvalue weighted by Crippen LogP contribution is -2.29. The second kappa shape index (κ2) is 9.04. The van der Waals surface area contributed by atoms with Gasteiger partial charge in [0.25, 0.3) is 0 Å². The van der Waals surface area contributed by atoms with Crippen LogP contribution in [-0.2, 0) is 5.41 Å². The summed E-state index contributed by atoms with van der Waals surface area (Å²) in [6.07, 6.45) is 10.1. The number of likely N-dealkylation sites (tertiary alicyclic amines) is 1. The molecule has 186 valence electrons. The first kappa shape index (κ1) is 23.2. The van der Waals surface area contributed by atoms with E-state index in [2.05, 4.69) is 58.2 Å². The average Bonchev–Trinajstić information content (AvgIpc) is 3.48. The number of halogens is 1. The number of pyridine rings is 1. The molecule has 7 heteroatoms. The van der Waals surface area contributed by atoms with Crippen molar-refractivity contribution in [2.75, 3.05) is 25.5 Å². The summed E-state index contributed by atoms with van der Waals surface area (Å²) in [5, 5.41) is 3.17. The lowest BCUT2D eigenvalue weighted by atomic mass is 9.75. The second-order valence-electron chi connectivity index (χ2n) is 10.7. The quantitative estimate of drug-likeness (QED) is 0.461. The van der Waals surface area contributed by atoms with E-state index in [1.165, 1.54) is 35.9 Å². The summed E-state index contributed by atoms with van der Waals surface area (Å²) in [5.41, 5.74) is 6.88. The molecule has 3 aromatic rings. The maximum atomic E-state index is 15.0. The van der Waals surface area contributed by atoms with Crippen molar-refractivity contribution >= 4 is 23.2 Å². The van der Waals surface area contributed by atoms with Gasteiger partial charge in [0.05, 0.1) is 11.9 Å². The zero-order chi connectivity index (χ0) is 24.9. The number of hydrogen-bond acceptors (Lipinski definition) is 6. The molecule has 0 bridgehead atoms. The van der Waals surface area contributed by atoms with Crippen molar-refractivity contribution in [3.8, 4) is 11.3 Å². The third-order valence-corrected chi connectivity index (χ3v) is 8.48. The SMILES string of the molecule is CC1=Nc2c(C)cc(-c3nc(Nc4ccc(C5CCN(C)CC5)cn4)ncc3F)cc2C12CCCC2. The number of rotatable bonds is 4. The molecular weight excluding hydrogens is 451 g/mol. The number of fused-ring (bicyclic) bond motifs is 2. The van der Waals surface area contributed by atoms with E-state index in [1.54, 1.807) is 0 Å². The molecule has 0 unspecified atom stereocenters. The summed E-state index contributed by atoms with van der Waals surface area (Å²) in [6.45, 7) is 6.43. The molecule has 2 aromatic heterocycles. The van der Waals surface area contributed by atoms with Gasteiger partial charge >= 0.3 is 0 Å². The highest BCUT2D eigenvalue weighted by atomic mass is 19.1. The molecular formula is C29H33FN6. The molecule has 1 saturated carbocycles. The summed E-state index contributed by atoms with van der Waals surface area (Å²) >= 11 is 0. The summed E-state index contributed by atoms with van der Waals surface area (Å²) in [7, 11) is 2.17. The van der Waals surface area contributed by atoms with E-state index >= 15 is 4.39 Å². The maximum absolute atomic E-state index is 15.0. The van der Waals surface area contributed by atoms with Gasteiger partial charge in [-0.3, -0.25) is 4.99 Å². The molecule has 36 heavy (non-hydrogen) atoms. The first-order valence-corrected chi connectivity index (χ1v) is 13.1. The van der Waals surface area contributed by atoms with E-state index in [-0.39, 0.29) is 5.41 Å². The molecule has 1 N–H and O–H groups in total. The number of piperidine rings is 1. The number of aryl methyl sites for hydroxylation is 1. The lowest BCUT2D eigenvalue weighted by molar-refractivity contribution is 0.255. The van der Waals surface area contributed by atoms with Gasteiger partial charge in [0.15, 0.2) is 5.82 Å². The highest BCUT2D eigenvalue weighted by Gasteiger charge is 2.44. The van der Waals surface area contributed by atoms with Crippen LogP contribution < -0.4 is 5.32 Å². The van der Waals surface area contributed by atoms with E-state index in [0.717, 1.165) is 55.6 Å². The number of nitrogens with one attached hydrogen (secondary N) is 1. The number of anilines is 2. The van der Waals surface area contributed by atoms with Gasteiger partial charge in [-0.05, 0) is 100 Å². The third kappa shape index (κ3) is 3.99. The topological polar surface area (TPSA) is 66.3 Å². The van der Waals surface area contributed by atoms with Gasteiger partial charge in [-0.2, -0.15) is 0 Å². The Morgan fingerprint density at radius 2 is 1.81 bits per heavy atom. The van der Waals surface area contributed by atoms with Gasteiger partial charge in [0.1, 0.15) is 11.5 Å². The molecule has 1 aliphatic carbocycles. The van der Waals surface area contributed by atoms with Crippen molar-refractivity contribution in [3.05, 3.63) is 59.2 Å². The van der Waals surface area contributed by atoms with E-state index in [9.17, 15) is 0 Å². The summed E-state index contributed by atoms with van der Waals surface area (Å²) in [6, 6.07) is 8.19. The molecule has 6 rings (SSSR count). The Hall–Kier alpha value is -3.19. The Morgan fingerprint density at radius 1 is 1.03 bits per heavy atom. The highest BCUT2D eigenvalue weighted by molar-refractivity contribution is 6.01. The molecule has 1 spiro atoms. The minimum atomic E-state index is -0.429. The fourth-order valence-electron chi connectivity index (χ4n) is 6.32. The molecule has 4 heterocycles. The van der Waals surface area contributed by atoms with Crippen LogP contribution in [-0.4, -0.2) is 45.7 Å². The molecule has 1 aromatic carbocycles. The van der Waals surface area contributed by atoms with Crippen LogP contribution in [0.15, 0.2) is 41.7 Å². The Balaban J connectivity index is 1.27. The number of hydrogen-bond donors (Lipinski definition) is 1. The van der Waals surface area contributed by atoms with Crippen molar-refractivity contribution in [1.82, 2.24) is 19.9 Å². The number of benzene rings is 1. The Kier molecular flexibility index (Phi) is 5.83. The van der Waals surface area contributed by atoms with Crippen LogP contribution in [0.2, 0.25) is 0 Å². The zero-order valence-corrected chi connectivity index (χ0v) is 21.3. The van der Waals surface area contributed by atoms with E-state index < -0.39 is 5.82 Å². The van der Waals surface area contributed by atoms with Crippen molar-refractivity contribution < 1.29 is 4.39 Å². The molecule has 1 saturated heterocycles. The predicted molar refractivity (Wildman–Crippen MR) is 142 cm³/mol. The minimum absolute atomic E-state index is 0.000103. The average molecular weight is 485 g/mol. The summed E-state index contributed by atoms with van der Waals surface area (Å²) in [5.74, 6) is 1.12. The third-order valence-electron chi connectivity index (χ3n) is 8.48. The van der Waals surface area contributed by atoms with E-state index in [4.69, 9.17) is 4.99 Å². The van der Waals surface area contributed by atoms with Crippen molar-refractivity contribution in [1.29, 1.82) is 0 Å². The van der Waals surface area contributed by atoms with Crippen LogP contribution in [0.4, 0.5) is 21.8 Å². The van der Waals surface area contributed by atoms with Crippen LogP contribution in [0.25, 0.3) is 11.3 Å². The molecule has 0 amide bonds. The number of nitrogens with zero attached hydrogens (tertiary/aromatic N) is 5. The molecule has 0 atom stereocenters. The van der Waals surface area contributed by atoms with Gasteiger partial charge in [-0.1, -0.05) is 18.9 Å². The first-order chi connectivity index (χ1) is 17.4. The first-order valence-electron chi connectivity index (χ1n) is 13.1. The summed E-state index contributed by atoms with van der Waals surface area (Å²) < 4.78 is 15.0. The van der Waals surface area contributed by atoms with E-state index in [0.29, 0.717) is 23.4 Å². The lowest BCUT2D eigenvalue weighted by Gasteiger charge is -2.29. The summed E-state index contributed by atoms with van der Waals surface area (Å²) in [4.78, 5) is 20.7. The standard InChI is InChI=1S/C29H33FN6/c1-18-14-22(15-23-26(18)33-19(2)29(23)10-4-5-11-29)27-24(30)17-32-28(35-27)34-25-7-6-21(16-31-25)20-8-12-36(3)13-9-20/h6-7,14-17,20H,4-5,8-13H2,1-3H3,(H,31,32,34,35). The highest BCUT2D eigenvalue weighted by Crippen LogP contribution is 2.52. The van der Waals surface area contributed by atoms with Gasteiger partial charge in [-0.25, -0.2) is 19.3 Å². The molecule has 0 radical (unpaired) electrons. The van der Waals surface area contributed by atoms with E-state index in [1.807, 2.05) is 18.3 Å². The van der Waals surface area contributed by atoms with Gasteiger partial charge < -0.3 is 10.2 Å². The number of aliphatic imine (C=N–C) groups is 1. The normalized spacial score (nSPS) is 19.5. The van der Waals surface area contributed by atoms with Crippen molar-refractivity contribution in [2.24, 2.45) is 4.99 Å². The van der Waals surface area contributed by atoms with Crippen LogP contribution in [0.3, 0.4) is 0 Å². The van der Waals surface area contributed by atoms with Crippen LogP contribution >= 0.6 is 0 Å². The maximum Gasteiger partial charge on any atom is 0.229 e. The molecule has 3 aliphatic rings. The zero-order valence-electron chi connectivity index (χ0n) is 21.3. The largest absolute Gasteiger partial charge is 0.309 e. The fourth-order valence-corrected chi connectivity index (χ4v) is 6.32. The Labute approximate surface area is 212 Å². The Bertz CT molecular complexity index is 1320. The van der Waals surface area contributed by atoms with Gasteiger partial charge in [0, 0.05) is 22.9 Å². The molecule has 6 nitrogen and oxygen atoms in total. The Morgan fingerprint density at radius 3 is 2.53 bits per heavy atom. The van der Waals surface area contributed by atoms with Crippen molar-refractivity contribution in [3.63, 3.8) is 0 Å². The molecule has 2 aliphatic heterocycles. The second-order valence-corrected chi connectivity index (χ2v) is 10.7. The molecule has 2 fully saturated rings. The minimum Gasteiger partial charge on any atom is -0.309 e. The van der Waals surface area contributed by atoms with Gasteiger partial charge in [-0.15, -0.1) is 0 Å². The monoisotopic (exact) mass is 484 g/mol.